The van der Waals surface area contributed by atoms with E-state index in [2.05, 4.69) is 38.0 Å². The molecule has 1 aromatic carbocycles. The molecule has 61 heavy (non-hydrogen) atoms. The average Bonchev–Trinajstić information content (AvgIpc) is 3.96. The largest absolute Gasteiger partial charge is 0.384 e. The molecule has 1 unspecified atom stereocenters. The first-order valence-electron chi connectivity index (χ1n) is 21.6. The number of hydrogen-bond acceptors (Lipinski definition) is 11. The molecule has 0 bridgehead atoms. The molecule has 1 aliphatic carbocycles. The SMILES string of the molecule is CC[C@@H]1COCCN1c1ccn2ncc(C(=O)Nc3cn([C@H]4CC[C@H](CCCCCCCNc5cccc6c5C(=O)N(C5CCC(=O)NC5=O)C6=O)CC4)nc3C(F)F)c2n1. The van der Waals surface area contributed by atoms with Gasteiger partial charge in [-0.1, -0.05) is 45.1 Å². The Morgan fingerprint density at radius 1 is 0.984 bits per heavy atom. The zero-order valence-electron chi connectivity index (χ0n) is 34.3. The summed E-state index contributed by atoms with van der Waals surface area (Å²) in [4.78, 5) is 71.9. The summed E-state index contributed by atoms with van der Waals surface area (Å²) in [5, 5.41) is 16.8. The van der Waals surface area contributed by atoms with Crippen LogP contribution in [0.25, 0.3) is 5.65 Å². The van der Waals surface area contributed by atoms with E-state index in [-0.39, 0.29) is 47.3 Å². The number of benzene rings is 1. The molecule has 5 amide bonds. The van der Waals surface area contributed by atoms with Crippen LogP contribution in [-0.4, -0.2) is 97.2 Å². The van der Waals surface area contributed by atoms with Gasteiger partial charge in [-0.25, -0.2) is 18.3 Å². The number of alkyl halides is 2. The summed E-state index contributed by atoms with van der Waals surface area (Å²) in [5.74, 6) is -1.41. The summed E-state index contributed by atoms with van der Waals surface area (Å²) < 4.78 is 37.2. The number of amides is 5. The Morgan fingerprint density at radius 2 is 1.79 bits per heavy atom. The molecule has 0 radical (unpaired) electrons. The Bertz CT molecular complexity index is 2290. The molecular formula is C43H52F2N10O6. The number of halogens is 2. The van der Waals surface area contributed by atoms with Crippen LogP contribution in [0.1, 0.15) is 140 Å². The van der Waals surface area contributed by atoms with Crippen molar-refractivity contribution in [3.8, 4) is 0 Å². The zero-order chi connectivity index (χ0) is 42.6. The second-order valence-electron chi connectivity index (χ2n) is 16.4. The van der Waals surface area contributed by atoms with Crippen LogP contribution in [0.4, 0.5) is 26.0 Å². The van der Waals surface area contributed by atoms with E-state index >= 15 is 0 Å². The lowest BCUT2D eigenvalue weighted by Crippen LogP contribution is -2.54. The van der Waals surface area contributed by atoms with Crippen molar-refractivity contribution in [2.45, 2.75) is 115 Å². The molecule has 3 aromatic heterocycles. The van der Waals surface area contributed by atoms with Gasteiger partial charge in [-0.2, -0.15) is 10.2 Å². The third-order valence-corrected chi connectivity index (χ3v) is 12.6. The van der Waals surface area contributed by atoms with Crippen LogP contribution >= 0.6 is 0 Å². The highest BCUT2D eigenvalue weighted by Gasteiger charge is 2.45. The second-order valence-corrected chi connectivity index (χ2v) is 16.4. The van der Waals surface area contributed by atoms with Gasteiger partial charge in [-0.3, -0.25) is 38.9 Å². The average molecular weight is 843 g/mol. The predicted octanol–water partition coefficient (Wildman–Crippen LogP) is 6.32. The number of anilines is 3. The first-order chi connectivity index (χ1) is 29.6. The molecule has 4 aliphatic rings. The topological polar surface area (TPSA) is 185 Å². The molecule has 6 heterocycles. The van der Waals surface area contributed by atoms with Crippen molar-refractivity contribution >= 4 is 52.4 Å². The van der Waals surface area contributed by atoms with Crippen LogP contribution in [0.2, 0.25) is 0 Å². The van der Waals surface area contributed by atoms with Gasteiger partial charge in [0.1, 0.15) is 17.4 Å². The smallest absolute Gasteiger partial charge is 0.284 e. The Hall–Kier alpha value is -5.78. The van der Waals surface area contributed by atoms with Crippen molar-refractivity contribution in [3.63, 3.8) is 0 Å². The molecule has 16 nitrogen and oxygen atoms in total. The van der Waals surface area contributed by atoms with Crippen molar-refractivity contribution in [2.75, 3.05) is 41.8 Å². The molecule has 2 saturated heterocycles. The normalized spacial score (nSPS) is 22.0. The van der Waals surface area contributed by atoms with E-state index in [1.54, 1.807) is 29.1 Å². The summed E-state index contributed by atoms with van der Waals surface area (Å²) in [5.41, 5.74) is 1.13. The van der Waals surface area contributed by atoms with Crippen LogP contribution in [0, 0.1) is 5.92 Å². The Kier molecular flexibility index (Phi) is 12.7. The predicted molar refractivity (Wildman–Crippen MR) is 221 cm³/mol. The number of unbranched alkanes of at least 4 members (excludes halogenated alkanes) is 4. The molecule has 3 fully saturated rings. The van der Waals surface area contributed by atoms with E-state index in [0.29, 0.717) is 49.4 Å². The lowest BCUT2D eigenvalue weighted by atomic mass is 9.83. The van der Waals surface area contributed by atoms with E-state index in [4.69, 9.17) is 9.72 Å². The maximum atomic E-state index is 14.2. The maximum absolute atomic E-state index is 14.2. The molecule has 1 saturated carbocycles. The van der Waals surface area contributed by atoms with E-state index in [9.17, 15) is 32.8 Å². The molecule has 8 rings (SSSR count). The van der Waals surface area contributed by atoms with Crippen molar-refractivity contribution in [1.29, 1.82) is 0 Å². The minimum Gasteiger partial charge on any atom is -0.384 e. The zero-order valence-corrected chi connectivity index (χ0v) is 34.3. The molecular weight excluding hydrogens is 791 g/mol. The molecule has 18 heteroatoms. The first-order valence-corrected chi connectivity index (χ1v) is 21.6. The van der Waals surface area contributed by atoms with Gasteiger partial charge in [-0.05, 0) is 69.1 Å². The Balaban J connectivity index is 0.768. The fourth-order valence-electron chi connectivity index (χ4n) is 9.19. The standard InChI is InChI=1S/C43H52F2N10O6/c1-2-27-25-61-22-21-52(27)34-18-20-53-39(49-34)30(23-47-53)40(57)48-32-24-54(51-37(32)38(44)45)28-14-12-26(13-15-28)9-6-4-3-5-7-19-46-31-11-8-10-29-36(31)43(60)55(42(29)59)33-16-17-35(56)50-41(33)58/h8,10-11,18,20,23-24,26-28,33,38,46H,2-7,9,12-17,19,21-22,25H2,1H3,(H,48,57)(H,50,56,58)/t26-,27-,28-,33?/m1/s1. The van der Waals surface area contributed by atoms with Crippen LogP contribution in [0.15, 0.2) is 42.9 Å². The highest BCUT2D eigenvalue weighted by Crippen LogP contribution is 2.37. The van der Waals surface area contributed by atoms with Gasteiger partial charge in [-0.15, -0.1) is 0 Å². The third kappa shape index (κ3) is 8.85. The number of carbonyl (C=O) groups excluding carboxylic acids is 5. The van der Waals surface area contributed by atoms with Gasteiger partial charge in [0.15, 0.2) is 11.3 Å². The van der Waals surface area contributed by atoms with Gasteiger partial charge < -0.3 is 20.3 Å². The number of nitrogens with zero attached hydrogens (tertiary/aromatic N) is 7. The Labute approximate surface area is 351 Å². The van der Waals surface area contributed by atoms with Crippen molar-refractivity contribution in [1.82, 2.24) is 34.6 Å². The first kappa shape index (κ1) is 41.9. The highest BCUT2D eigenvalue weighted by molar-refractivity contribution is 6.25. The number of carbonyl (C=O) groups is 5. The van der Waals surface area contributed by atoms with E-state index < -0.39 is 47.7 Å². The monoisotopic (exact) mass is 842 g/mol. The number of ether oxygens (including phenoxy) is 1. The van der Waals surface area contributed by atoms with E-state index in [0.717, 1.165) is 75.5 Å². The van der Waals surface area contributed by atoms with Crippen molar-refractivity contribution < 1.29 is 37.5 Å². The van der Waals surface area contributed by atoms with Crippen LogP contribution in [0.3, 0.4) is 0 Å². The minimum absolute atomic E-state index is 0.0141. The second kappa shape index (κ2) is 18.5. The highest BCUT2D eigenvalue weighted by atomic mass is 19.3. The number of morpholine rings is 1. The van der Waals surface area contributed by atoms with Crippen LogP contribution in [-0.2, 0) is 14.3 Å². The Morgan fingerprint density at radius 3 is 2.57 bits per heavy atom. The van der Waals surface area contributed by atoms with Gasteiger partial charge in [0.25, 0.3) is 24.1 Å². The van der Waals surface area contributed by atoms with Crippen LogP contribution in [0.5, 0.6) is 0 Å². The molecule has 324 valence electrons. The minimum atomic E-state index is -2.86. The number of nitrogens with one attached hydrogen (secondary N) is 3. The number of aromatic nitrogens is 5. The number of rotatable bonds is 16. The number of piperidine rings is 1. The summed E-state index contributed by atoms with van der Waals surface area (Å²) >= 11 is 0. The number of fused-ring (bicyclic) bond motifs is 2. The van der Waals surface area contributed by atoms with Crippen molar-refractivity contribution in [3.05, 3.63) is 65.2 Å². The molecule has 2 atom stereocenters. The number of imide groups is 2. The molecule has 3 N–H and O–H groups in total. The maximum Gasteiger partial charge on any atom is 0.284 e. The van der Waals surface area contributed by atoms with Gasteiger partial charge >= 0.3 is 0 Å². The van der Waals surface area contributed by atoms with Crippen molar-refractivity contribution in [2.24, 2.45) is 5.92 Å². The summed E-state index contributed by atoms with van der Waals surface area (Å²) in [6.07, 6.45) is 12.7. The van der Waals surface area contributed by atoms with Gasteiger partial charge in [0.2, 0.25) is 11.8 Å². The molecule has 4 aromatic rings. The fourth-order valence-corrected chi connectivity index (χ4v) is 9.19. The summed E-state index contributed by atoms with van der Waals surface area (Å²) in [7, 11) is 0. The molecule has 3 aliphatic heterocycles. The van der Waals surface area contributed by atoms with Gasteiger partial charge in [0, 0.05) is 37.6 Å². The number of hydrogen-bond donors (Lipinski definition) is 3. The summed E-state index contributed by atoms with van der Waals surface area (Å²) in [6.45, 7) is 4.55. The lowest BCUT2D eigenvalue weighted by molar-refractivity contribution is -0.136. The van der Waals surface area contributed by atoms with Gasteiger partial charge in [0.05, 0.1) is 48.3 Å². The quantitative estimate of drug-likeness (QED) is 0.0848. The molecule has 0 spiro atoms. The van der Waals surface area contributed by atoms with E-state index in [1.165, 1.54) is 16.9 Å². The third-order valence-electron chi connectivity index (χ3n) is 12.6. The lowest BCUT2D eigenvalue weighted by Gasteiger charge is -2.35. The summed E-state index contributed by atoms with van der Waals surface area (Å²) in [6, 6.07) is 6.04. The van der Waals surface area contributed by atoms with Crippen LogP contribution < -0.4 is 20.9 Å². The fraction of sp³-hybridized carbons (Fsp3) is 0.535. The van der Waals surface area contributed by atoms with E-state index in [1.807, 2.05) is 6.07 Å².